The monoisotopic (exact) mass is 226 g/mol. The molecule has 1 fully saturated rings. The zero-order valence-electron chi connectivity index (χ0n) is 10.2. The van der Waals surface area contributed by atoms with Crippen LogP contribution >= 0.6 is 0 Å². The highest BCUT2D eigenvalue weighted by atomic mass is 14.8. The summed E-state index contributed by atoms with van der Waals surface area (Å²) in [7, 11) is 0. The molecule has 1 saturated carbocycles. The zero-order chi connectivity index (χ0) is 11.9. The summed E-state index contributed by atoms with van der Waals surface area (Å²) in [4.78, 5) is 4.36. The van der Waals surface area contributed by atoms with E-state index in [-0.39, 0.29) is 5.54 Å². The Bertz CT molecular complexity index is 554. The van der Waals surface area contributed by atoms with Crippen molar-refractivity contribution in [3.8, 4) is 0 Å². The van der Waals surface area contributed by atoms with Crippen molar-refractivity contribution in [2.75, 3.05) is 0 Å². The Morgan fingerprint density at radius 3 is 2.65 bits per heavy atom. The van der Waals surface area contributed by atoms with Crippen LogP contribution in [-0.2, 0) is 5.54 Å². The van der Waals surface area contributed by atoms with E-state index in [0.29, 0.717) is 0 Å². The van der Waals surface area contributed by atoms with E-state index in [2.05, 4.69) is 29.2 Å². The van der Waals surface area contributed by atoms with Crippen LogP contribution in [0.5, 0.6) is 0 Å². The minimum atomic E-state index is -0.0981. The molecule has 3 rings (SSSR count). The quantitative estimate of drug-likeness (QED) is 0.810. The van der Waals surface area contributed by atoms with E-state index in [1.807, 2.05) is 13.1 Å². The number of fused-ring (bicyclic) bond motifs is 1. The van der Waals surface area contributed by atoms with Gasteiger partial charge in [-0.2, -0.15) is 0 Å². The van der Waals surface area contributed by atoms with Crippen molar-refractivity contribution >= 4 is 10.8 Å². The third-order valence-corrected chi connectivity index (χ3v) is 3.93. The Morgan fingerprint density at radius 2 is 1.88 bits per heavy atom. The molecule has 1 aliphatic rings. The van der Waals surface area contributed by atoms with E-state index < -0.39 is 0 Å². The SMILES string of the molecule is Cc1cc2ccc(C3(N)CCCC3)cc2cn1. The zero-order valence-corrected chi connectivity index (χ0v) is 10.2. The van der Waals surface area contributed by atoms with Crippen LogP contribution in [0.2, 0.25) is 0 Å². The molecule has 2 heteroatoms. The average Bonchev–Trinajstić information content (AvgIpc) is 2.77. The predicted molar refractivity (Wildman–Crippen MR) is 70.8 cm³/mol. The van der Waals surface area contributed by atoms with Gasteiger partial charge in [0.1, 0.15) is 0 Å². The van der Waals surface area contributed by atoms with Crippen molar-refractivity contribution in [3.63, 3.8) is 0 Å². The first-order chi connectivity index (χ1) is 8.17. The van der Waals surface area contributed by atoms with E-state index in [9.17, 15) is 0 Å². The summed E-state index contributed by atoms with van der Waals surface area (Å²) in [5.41, 5.74) is 8.72. The number of aromatic nitrogens is 1. The largest absolute Gasteiger partial charge is 0.321 e. The maximum absolute atomic E-state index is 6.48. The van der Waals surface area contributed by atoms with Gasteiger partial charge in [-0.1, -0.05) is 25.0 Å². The minimum Gasteiger partial charge on any atom is -0.321 e. The maximum Gasteiger partial charge on any atom is 0.0409 e. The number of aryl methyl sites for hydroxylation is 1. The molecule has 2 nitrogen and oxygen atoms in total. The predicted octanol–water partition coefficient (Wildman–Crippen LogP) is 3.27. The summed E-state index contributed by atoms with van der Waals surface area (Å²) in [6, 6.07) is 8.70. The second-order valence-corrected chi connectivity index (χ2v) is 5.25. The third-order valence-electron chi connectivity index (χ3n) is 3.93. The first kappa shape index (κ1) is 10.7. The Hall–Kier alpha value is -1.41. The lowest BCUT2D eigenvalue weighted by Crippen LogP contribution is -2.32. The van der Waals surface area contributed by atoms with Gasteiger partial charge in [0.25, 0.3) is 0 Å². The Labute approximate surface area is 102 Å². The van der Waals surface area contributed by atoms with Crippen molar-refractivity contribution in [2.24, 2.45) is 5.73 Å². The van der Waals surface area contributed by atoms with E-state index in [1.54, 1.807) is 0 Å². The van der Waals surface area contributed by atoms with Crippen LogP contribution in [0.25, 0.3) is 10.8 Å². The van der Waals surface area contributed by atoms with Crippen LogP contribution in [-0.4, -0.2) is 4.98 Å². The molecule has 0 saturated heterocycles. The standard InChI is InChI=1S/C15H18N2/c1-11-8-12-4-5-14(9-13(12)10-17-11)15(16)6-2-3-7-15/h4-5,8-10H,2-3,6-7,16H2,1H3. The van der Waals surface area contributed by atoms with Gasteiger partial charge in [-0.15, -0.1) is 0 Å². The van der Waals surface area contributed by atoms with Crippen LogP contribution in [0.3, 0.4) is 0 Å². The van der Waals surface area contributed by atoms with E-state index in [4.69, 9.17) is 5.73 Å². The summed E-state index contributed by atoms with van der Waals surface area (Å²) in [6.07, 6.45) is 6.67. The molecule has 1 aromatic heterocycles. The number of rotatable bonds is 1. The molecule has 0 spiro atoms. The number of nitrogens with two attached hydrogens (primary N) is 1. The van der Waals surface area contributed by atoms with Gasteiger partial charge in [-0.25, -0.2) is 0 Å². The highest BCUT2D eigenvalue weighted by molar-refractivity contribution is 5.82. The molecule has 0 amide bonds. The van der Waals surface area contributed by atoms with Crippen LogP contribution < -0.4 is 5.73 Å². The molecule has 0 unspecified atom stereocenters. The molecule has 2 N–H and O–H groups in total. The molecule has 1 aromatic carbocycles. The number of hydrogen-bond acceptors (Lipinski definition) is 2. The number of benzene rings is 1. The maximum atomic E-state index is 6.48. The van der Waals surface area contributed by atoms with Crippen LogP contribution in [0.4, 0.5) is 0 Å². The van der Waals surface area contributed by atoms with Crippen LogP contribution in [0.15, 0.2) is 30.5 Å². The van der Waals surface area contributed by atoms with E-state index >= 15 is 0 Å². The number of nitrogens with zero attached hydrogens (tertiary/aromatic N) is 1. The fourth-order valence-electron chi connectivity index (χ4n) is 2.86. The average molecular weight is 226 g/mol. The fraction of sp³-hybridized carbons (Fsp3) is 0.400. The van der Waals surface area contributed by atoms with Gasteiger partial charge in [0.05, 0.1) is 0 Å². The molecule has 0 radical (unpaired) electrons. The minimum absolute atomic E-state index is 0.0981. The number of pyridine rings is 1. The molecule has 88 valence electrons. The fourth-order valence-corrected chi connectivity index (χ4v) is 2.86. The van der Waals surface area contributed by atoms with Crippen LogP contribution in [0, 0.1) is 6.92 Å². The second-order valence-electron chi connectivity index (χ2n) is 5.25. The van der Waals surface area contributed by atoms with Gasteiger partial charge in [0.15, 0.2) is 0 Å². The molecule has 1 heterocycles. The van der Waals surface area contributed by atoms with E-state index in [0.717, 1.165) is 18.5 Å². The molecule has 17 heavy (non-hydrogen) atoms. The molecular formula is C15H18N2. The van der Waals surface area contributed by atoms with Gasteiger partial charge in [-0.3, -0.25) is 4.98 Å². The Balaban J connectivity index is 2.10. The highest BCUT2D eigenvalue weighted by Gasteiger charge is 2.31. The molecule has 2 aromatic rings. The lowest BCUT2D eigenvalue weighted by Gasteiger charge is -2.24. The van der Waals surface area contributed by atoms with Crippen LogP contribution in [0.1, 0.15) is 36.9 Å². The van der Waals surface area contributed by atoms with Crippen molar-refractivity contribution in [2.45, 2.75) is 38.1 Å². The van der Waals surface area contributed by atoms with Crippen molar-refractivity contribution < 1.29 is 0 Å². The summed E-state index contributed by atoms with van der Waals surface area (Å²) >= 11 is 0. The molecule has 0 bridgehead atoms. The Morgan fingerprint density at radius 1 is 1.12 bits per heavy atom. The van der Waals surface area contributed by atoms with Crippen molar-refractivity contribution in [1.82, 2.24) is 4.98 Å². The third kappa shape index (κ3) is 1.83. The van der Waals surface area contributed by atoms with Gasteiger partial charge < -0.3 is 5.73 Å². The van der Waals surface area contributed by atoms with Gasteiger partial charge in [-0.05, 0) is 42.8 Å². The van der Waals surface area contributed by atoms with Gasteiger partial charge in [0.2, 0.25) is 0 Å². The molecule has 1 aliphatic carbocycles. The smallest absolute Gasteiger partial charge is 0.0409 e. The normalized spacial score (nSPS) is 18.7. The van der Waals surface area contributed by atoms with E-state index in [1.165, 1.54) is 29.2 Å². The lowest BCUT2D eigenvalue weighted by molar-refractivity contribution is 0.462. The molecule has 0 aliphatic heterocycles. The Kier molecular flexibility index (Phi) is 2.40. The second kappa shape index (κ2) is 3.81. The molecule has 0 atom stereocenters. The van der Waals surface area contributed by atoms with Gasteiger partial charge in [0, 0.05) is 22.8 Å². The van der Waals surface area contributed by atoms with Crippen molar-refractivity contribution in [3.05, 3.63) is 41.7 Å². The molecular weight excluding hydrogens is 208 g/mol. The lowest BCUT2D eigenvalue weighted by atomic mass is 9.88. The topological polar surface area (TPSA) is 38.9 Å². The summed E-state index contributed by atoms with van der Waals surface area (Å²) in [6.45, 7) is 2.02. The highest BCUT2D eigenvalue weighted by Crippen LogP contribution is 2.37. The summed E-state index contributed by atoms with van der Waals surface area (Å²) in [5.74, 6) is 0. The number of hydrogen-bond donors (Lipinski definition) is 1. The summed E-state index contributed by atoms with van der Waals surface area (Å²) < 4.78 is 0. The summed E-state index contributed by atoms with van der Waals surface area (Å²) in [5, 5.41) is 2.45. The first-order valence-corrected chi connectivity index (χ1v) is 6.33. The van der Waals surface area contributed by atoms with Crippen molar-refractivity contribution in [1.29, 1.82) is 0 Å². The first-order valence-electron chi connectivity index (χ1n) is 6.33. The van der Waals surface area contributed by atoms with Gasteiger partial charge >= 0.3 is 0 Å².